The maximum atomic E-state index is 16.0. The van der Waals surface area contributed by atoms with Crippen LogP contribution in [-0.2, 0) is 4.74 Å². The zero-order chi connectivity index (χ0) is 28.6. The monoisotopic (exact) mass is 558 g/mol. The van der Waals surface area contributed by atoms with Gasteiger partial charge in [0.1, 0.15) is 22.8 Å². The molecular weight excluding hydrogens is 526 g/mol. The molecule has 0 aliphatic carbocycles. The molecule has 0 bridgehead atoms. The third-order valence-corrected chi connectivity index (χ3v) is 6.80. The van der Waals surface area contributed by atoms with Gasteiger partial charge in [0.05, 0.1) is 6.20 Å². The number of carboxylic acid groups (broad SMARTS) is 1. The molecule has 2 amide bonds. The van der Waals surface area contributed by atoms with Crippen molar-refractivity contribution in [2.24, 2.45) is 0 Å². The lowest BCUT2D eigenvalue weighted by Gasteiger charge is -2.35. The van der Waals surface area contributed by atoms with Crippen LogP contribution in [0.5, 0.6) is 0 Å². The molecule has 0 saturated carbocycles. The minimum Gasteiger partial charge on any atom is -0.465 e. The normalized spacial score (nSPS) is 18.2. The number of piperazine rings is 1. The molecule has 5 rings (SSSR count). The highest BCUT2D eigenvalue weighted by atomic mass is 19.1. The fourth-order valence-electron chi connectivity index (χ4n) is 4.87. The lowest BCUT2D eigenvalue weighted by Crippen LogP contribution is -2.49. The first-order chi connectivity index (χ1) is 19.0. The maximum absolute atomic E-state index is 16.0. The van der Waals surface area contributed by atoms with Gasteiger partial charge in [-0.15, -0.1) is 0 Å². The summed E-state index contributed by atoms with van der Waals surface area (Å²) in [5, 5.41) is 12.5. The van der Waals surface area contributed by atoms with Gasteiger partial charge < -0.3 is 29.9 Å². The summed E-state index contributed by atoms with van der Waals surface area (Å²) in [5.41, 5.74) is 0.191. The van der Waals surface area contributed by atoms with Gasteiger partial charge in [-0.25, -0.2) is 28.9 Å². The first kappa shape index (κ1) is 27.3. The van der Waals surface area contributed by atoms with E-state index in [1.807, 2.05) is 0 Å². The molecule has 2 saturated heterocycles. The molecule has 0 aromatic carbocycles. The van der Waals surface area contributed by atoms with Crippen molar-refractivity contribution in [3.8, 4) is 11.5 Å². The molecule has 14 heteroatoms. The smallest absolute Gasteiger partial charge is 0.410 e. The third kappa shape index (κ3) is 5.84. The van der Waals surface area contributed by atoms with Gasteiger partial charge in [0.2, 0.25) is 5.82 Å². The molecule has 0 spiro atoms. The van der Waals surface area contributed by atoms with E-state index < -0.39 is 29.4 Å². The van der Waals surface area contributed by atoms with E-state index in [1.165, 1.54) is 33.8 Å². The zero-order valence-corrected chi connectivity index (χ0v) is 22.6. The number of carbonyl (C=O) groups is 2. The number of carbonyl (C=O) groups excluding carboxylic acids is 1. The highest BCUT2D eigenvalue weighted by Gasteiger charge is 2.31. The fraction of sp³-hybridized carbons (Fsp3) is 0.500. The van der Waals surface area contributed by atoms with Crippen molar-refractivity contribution >= 4 is 29.5 Å². The summed E-state index contributed by atoms with van der Waals surface area (Å²) >= 11 is 0. The number of hydrogen-bond donors (Lipinski definition) is 2. The van der Waals surface area contributed by atoms with Crippen molar-refractivity contribution in [1.29, 1.82) is 0 Å². The number of pyridine rings is 1. The van der Waals surface area contributed by atoms with Crippen LogP contribution in [-0.4, -0.2) is 97.4 Å². The largest absolute Gasteiger partial charge is 0.465 e. The second-order valence-corrected chi connectivity index (χ2v) is 10.9. The van der Waals surface area contributed by atoms with Crippen molar-refractivity contribution in [3.05, 3.63) is 36.2 Å². The van der Waals surface area contributed by atoms with Crippen molar-refractivity contribution in [2.75, 3.05) is 49.5 Å². The summed E-state index contributed by atoms with van der Waals surface area (Å²) in [4.78, 5) is 41.8. The summed E-state index contributed by atoms with van der Waals surface area (Å²) in [5.74, 6) is -1.12. The molecule has 2 aliphatic rings. The van der Waals surface area contributed by atoms with Crippen LogP contribution >= 0.6 is 0 Å². The number of halogens is 2. The molecule has 12 nitrogen and oxygen atoms in total. The number of amides is 2. The molecule has 3 aromatic rings. The Bertz CT molecular complexity index is 1420. The molecule has 40 heavy (non-hydrogen) atoms. The van der Waals surface area contributed by atoms with Crippen LogP contribution in [0.3, 0.4) is 0 Å². The first-order valence-corrected chi connectivity index (χ1v) is 13.2. The van der Waals surface area contributed by atoms with Gasteiger partial charge in [0, 0.05) is 51.5 Å². The van der Waals surface area contributed by atoms with Crippen molar-refractivity contribution in [1.82, 2.24) is 29.2 Å². The first-order valence-electron chi connectivity index (χ1n) is 13.2. The van der Waals surface area contributed by atoms with Crippen molar-refractivity contribution < 1.29 is 28.2 Å². The number of aromatic nitrogens is 4. The molecule has 214 valence electrons. The van der Waals surface area contributed by atoms with Crippen LogP contribution in [0.2, 0.25) is 0 Å². The zero-order valence-electron chi connectivity index (χ0n) is 22.6. The van der Waals surface area contributed by atoms with E-state index in [9.17, 15) is 19.1 Å². The lowest BCUT2D eigenvalue weighted by molar-refractivity contribution is 0.0206. The molecule has 3 aromatic heterocycles. The predicted octanol–water partition coefficient (Wildman–Crippen LogP) is 3.68. The molecule has 1 unspecified atom stereocenters. The number of nitrogens with one attached hydrogen (secondary N) is 1. The molecule has 0 radical (unpaired) electrons. The third-order valence-electron chi connectivity index (χ3n) is 6.80. The Morgan fingerprint density at radius 3 is 2.52 bits per heavy atom. The Morgan fingerprint density at radius 2 is 1.82 bits per heavy atom. The van der Waals surface area contributed by atoms with Gasteiger partial charge in [-0.05, 0) is 45.7 Å². The molecule has 5 heterocycles. The lowest BCUT2D eigenvalue weighted by atomic mass is 10.1. The van der Waals surface area contributed by atoms with Gasteiger partial charge in [-0.2, -0.15) is 4.39 Å². The summed E-state index contributed by atoms with van der Waals surface area (Å²) in [6, 6.07) is 2.49. The molecule has 1 atom stereocenters. The van der Waals surface area contributed by atoms with Crippen molar-refractivity contribution in [2.45, 2.75) is 45.3 Å². The second-order valence-electron chi connectivity index (χ2n) is 10.9. The Kier molecular flexibility index (Phi) is 7.34. The van der Waals surface area contributed by atoms with Crippen LogP contribution in [0.15, 0.2) is 24.5 Å². The van der Waals surface area contributed by atoms with Gasteiger partial charge in [-0.1, -0.05) is 0 Å². The summed E-state index contributed by atoms with van der Waals surface area (Å²) in [6.07, 6.45) is 2.63. The average Bonchev–Trinajstić information content (AvgIpc) is 3.32. The molecular formula is C26H32F2N8O4. The number of fused-ring (bicyclic) bond motifs is 1. The summed E-state index contributed by atoms with van der Waals surface area (Å²) in [6.45, 7) is 7.05. The standard InChI is InChI=1S/C26H32F2N8O4/c1-26(2,3)40-25(39)35-8-4-5-17(15-35)30-22-20(28)23(33-9-11-34(12-10-33)24(37)38)32-21(31-22)18-13-29-19-7-6-16(27)14-36(18)19/h6-7,13-14,17H,4-5,8-12,15H2,1-3H3,(H,37,38)(H,30,31,32). The van der Waals surface area contributed by atoms with E-state index in [-0.39, 0.29) is 49.7 Å². The van der Waals surface area contributed by atoms with E-state index in [4.69, 9.17) is 4.74 Å². The minimum atomic E-state index is -1.04. The summed E-state index contributed by atoms with van der Waals surface area (Å²) in [7, 11) is 0. The number of nitrogens with zero attached hydrogens (tertiary/aromatic N) is 7. The quantitative estimate of drug-likeness (QED) is 0.493. The van der Waals surface area contributed by atoms with Gasteiger partial charge >= 0.3 is 12.2 Å². The molecule has 2 N–H and O–H groups in total. The maximum Gasteiger partial charge on any atom is 0.410 e. The van der Waals surface area contributed by atoms with Crippen LogP contribution in [0, 0.1) is 11.6 Å². The number of imidazole rings is 1. The van der Waals surface area contributed by atoms with Crippen LogP contribution < -0.4 is 10.2 Å². The van der Waals surface area contributed by atoms with Gasteiger partial charge in [0.15, 0.2) is 17.5 Å². The number of hydrogen-bond acceptors (Lipinski definition) is 8. The Balaban J connectivity index is 1.47. The van der Waals surface area contributed by atoms with E-state index in [0.717, 1.165) is 0 Å². The SMILES string of the molecule is CC(C)(C)OC(=O)N1CCCC(Nc2nc(-c3cnc4ccc(F)cn34)nc(N3CCN(C(=O)O)CC3)c2F)C1. The van der Waals surface area contributed by atoms with E-state index in [2.05, 4.69) is 20.3 Å². The molecule has 2 aliphatic heterocycles. The number of ether oxygens (including phenoxy) is 1. The topological polar surface area (TPSA) is 128 Å². The number of piperidine rings is 1. The van der Waals surface area contributed by atoms with Crippen molar-refractivity contribution in [3.63, 3.8) is 0 Å². The van der Waals surface area contributed by atoms with E-state index in [0.29, 0.717) is 37.3 Å². The summed E-state index contributed by atoms with van der Waals surface area (Å²) < 4.78 is 37.1. The number of rotatable bonds is 4. The van der Waals surface area contributed by atoms with Gasteiger partial charge in [0.25, 0.3) is 0 Å². The Labute approximate surface area is 229 Å². The van der Waals surface area contributed by atoms with Crippen LogP contribution in [0.25, 0.3) is 17.2 Å². The second kappa shape index (κ2) is 10.7. The van der Waals surface area contributed by atoms with E-state index >= 15 is 4.39 Å². The highest BCUT2D eigenvalue weighted by molar-refractivity contribution is 5.69. The molecule has 2 fully saturated rings. The van der Waals surface area contributed by atoms with Crippen LogP contribution in [0.1, 0.15) is 33.6 Å². The Morgan fingerprint density at radius 1 is 1.07 bits per heavy atom. The van der Waals surface area contributed by atoms with Gasteiger partial charge in [-0.3, -0.25) is 4.40 Å². The average molecular weight is 559 g/mol. The van der Waals surface area contributed by atoms with Crippen LogP contribution in [0.4, 0.5) is 30.0 Å². The fourth-order valence-corrected chi connectivity index (χ4v) is 4.87. The van der Waals surface area contributed by atoms with E-state index in [1.54, 1.807) is 30.6 Å². The number of anilines is 2. The minimum absolute atomic E-state index is 0.00343. The highest BCUT2D eigenvalue weighted by Crippen LogP contribution is 2.30. The number of likely N-dealkylation sites (tertiary alicyclic amines) is 1. The predicted molar refractivity (Wildman–Crippen MR) is 142 cm³/mol. The Hall–Kier alpha value is -4.23.